The van der Waals surface area contributed by atoms with Gasteiger partial charge in [0.2, 0.25) is 0 Å². The van der Waals surface area contributed by atoms with Gasteiger partial charge in [0.25, 0.3) is 7.82 Å². The van der Waals surface area contributed by atoms with E-state index in [1.807, 2.05) is 28.1 Å². The Morgan fingerprint density at radius 1 is 0.711 bits per heavy atom. The molecule has 2 aromatic heterocycles. The number of esters is 2. The molecule has 5 heterocycles. The second-order valence-corrected chi connectivity index (χ2v) is 26.4. The van der Waals surface area contributed by atoms with Crippen LogP contribution in [0.5, 0.6) is 0 Å². The molecule has 5 unspecified atom stereocenters. The summed E-state index contributed by atoms with van der Waals surface area (Å²) in [5.41, 5.74) is 13.3. The van der Waals surface area contributed by atoms with Crippen LogP contribution in [0.2, 0.25) is 0 Å². The van der Waals surface area contributed by atoms with Gasteiger partial charge in [-0.2, -0.15) is 0 Å². The van der Waals surface area contributed by atoms with Crippen molar-refractivity contribution in [2.45, 2.75) is 246 Å². The van der Waals surface area contributed by atoms with Crippen LogP contribution in [0.15, 0.2) is 18.2 Å². The number of aromatic amines is 2. The first-order chi connectivity index (χ1) is 39.7. The number of nitrogens with one attached hydrogen (secondary N) is 2. The van der Waals surface area contributed by atoms with Crippen LogP contribution in [0.4, 0.5) is 0 Å². The number of rotatable bonds is 39. The van der Waals surface area contributed by atoms with Gasteiger partial charge in [0, 0.05) is 76.8 Å². The van der Waals surface area contributed by atoms with E-state index in [-0.39, 0.29) is 56.2 Å². The maximum atomic E-state index is 14.1. The van der Waals surface area contributed by atoms with Crippen LogP contribution < -0.4 is 4.89 Å². The third-order valence-electron chi connectivity index (χ3n) is 17.2. The molecule has 6 rings (SSSR count). The summed E-state index contributed by atoms with van der Waals surface area (Å²) in [7, 11) is 0.950. The highest BCUT2D eigenvalue weighted by atomic mass is 31.2. The van der Waals surface area contributed by atoms with Crippen LogP contribution in [-0.4, -0.2) is 108 Å². The maximum Gasteiger partial charge on any atom is 0.306 e. The number of carbonyl (C=O) groups is 3. The number of ketones is 1. The summed E-state index contributed by atoms with van der Waals surface area (Å²) in [6.45, 7) is 17.1. The van der Waals surface area contributed by atoms with Crippen LogP contribution in [-0.2, 0) is 55.0 Å². The lowest BCUT2D eigenvalue weighted by molar-refractivity contribution is -0.870. The van der Waals surface area contributed by atoms with Crippen molar-refractivity contribution in [1.82, 2.24) is 19.9 Å². The smallest absolute Gasteiger partial charge is 0.306 e. The van der Waals surface area contributed by atoms with Crippen LogP contribution in [0.25, 0.3) is 33.3 Å². The van der Waals surface area contributed by atoms with Crippen molar-refractivity contribution in [3.63, 3.8) is 0 Å². The van der Waals surface area contributed by atoms with Gasteiger partial charge >= 0.3 is 11.9 Å². The molecule has 2 N–H and O–H groups in total. The number of aromatic nitrogens is 4. The molecule has 16 heteroatoms. The number of fused-ring (bicyclic) bond motifs is 8. The number of aryl methyl sites for hydroxylation is 2. The Hall–Kier alpha value is -4.50. The molecule has 83 heavy (non-hydrogen) atoms. The number of ether oxygens (including phenoxy) is 3. The fourth-order valence-electron chi connectivity index (χ4n) is 12.1. The van der Waals surface area contributed by atoms with Crippen molar-refractivity contribution < 1.29 is 51.6 Å². The molecule has 0 spiro atoms. The molecular formula is C67H104N5O10P. The van der Waals surface area contributed by atoms with E-state index >= 15 is 0 Å². The van der Waals surface area contributed by atoms with Crippen molar-refractivity contribution in [2.75, 3.05) is 54.1 Å². The molecule has 8 bridgehead atoms. The van der Waals surface area contributed by atoms with E-state index in [9.17, 15) is 23.8 Å². The number of hydrogen-bond acceptors (Lipinski definition) is 12. The highest BCUT2D eigenvalue weighted by Gasteiger charge is 2.39. The number of carbonyl (C=O) groups excluding carboxylic acids is 3. The van der Waals surface area contributed by atoms with Gasteiger partial charge in [0.1, 0.15) is 19.8 Å². The molecular weight excluding hydrogens is 1070 g/mol. The summed E-state index contributed by atoms with van der Waals surface area (Å²) in [5, 5.41) is 0. The minimum absolute atomic E-state index is 0.00177. The zero-order valence-electron chi connectivity index (χ0n) is 52.8. The Morgan fingerprint density at radius 2 is 1.30 bits per heavy atom. The number of likely N-dealkylation sites (N-methyl/N-ethyl adjacent to an activating group) is 1. The summed E-state index contributed by atoms with van der Waals surface area (Å²) in [4.78, 5) is 72.3. The number of H-pyrrole nitrogens is 2. The van der Waals surface area contributed by atoms with Gasteiger partial charge in [0.15, 0.2) is 11.9 Å². The molecule has 0 saturated carbocycles. The number of phosphoric ester groups is 1. The summed E-state index contributed by atoms with van der Waals surface area (Å²) >= 11 is 0. The summed E-state index contributed by atoms with van der Waals surface area (Å²) < 4.78 is 42.1. The maximum absolute atomic E-state index is 14.1. The van der Waals surface area contributed by atoms with Gasteiger partial charge < -0.3 is 42.6 Å². The highest BCUT2D eigenvalue weighted by Crippen LogP contribution is 2.47. The van der Waals surface area contributed by atoms with Crippen LogP contribution in [0.3, 0.4) is 0 Å². The fourth-order valence-corrected chi connectivity index (χ4v) is 12.8. The van der Waals surface area contributed by atoms with Crippen molar-refractivity contribution >= 4 is 58.9 Å². The number of Topliss-reactive ketones (excluding diaryl/α,β-unsaturated/α-hetero) is 1. The third kappa shape index (κ3) is 20.3. The molecule has 1 aliphatic carbocycles. The van der Waals surface area contributed by atoms with Crippen molar-refractivity contribution in [3.8, 4) is 0 Å². The average Bonchev–Trinajstić information content (AvgIpc) is 4.33. The second kappa shape index (κ2) is 33.4. The number of quaternary nitrogens is 1. The van der Waals surface area contributed by atoms with E-state index in [1.165, 1.54) is 102 Å². The van der Waals surface area contributed by atoms with Crippen molar-refractivity contribution in [1.29, 1.82) is 0 Å². The third-order valence-corrected chi connectivity index (χ3v) is 18.2. The Balaban J connectivity index is 1.21. The van der Waals surface area contributed by atoms with E-state index in [0.29, 0.717) is 41.7 Å². The predicted octanol–water partition coefficient (Wildman–Crippen LogP) is 15.3. The zero-order valence-corrected chi connectivity index (χ0v) is 53.7. The number of hydrogen-bond donors (Lipinski definition) is 2. The van der Waals surface area contributed by atoms with E-state index in [0.717, 1.165) is 106 Å². The molecule has 15 nitrogen and oxygen atoms in total. The minimum Gasteiger partial charge on any atom is -0.756 e. The Bertz CT molecular complexity index is 2800. The number of unbranched alkanes of at least 4 members (excludes halogenated alkanes) is 19. The lowest BCUT2D eigenvalue weighted by Gasteiger charge is -2.28. The number of phosphoric acid groups is 1. The first-order valence-electron chi connectivity index (χ1n) is 32.1. The first-order valence-corrected chi connectivity index (χ1v) is 33.6. The molecule has 0 saturated heterocycles. The van der Waals surface area contributed by atoms with E-state index in [2.05, 4.69) is 76.6 Å². The van der Waals surface area contributed by atoms with Crippen molar-refractivity contribution in [2.24, 2.45) is 0 Å². The molecule has 462 valence electrons. The average molecular weight is 1170 g/mol. The molecule has 2 aromatic rings. The van der Waals surface area contributed by atoms with Crippen LogP contribution in [0.1, 0.15) is 265 Å². The van der Waals surface area contributed by atoms with Gasteiger partial charge in [0.05, 0.1) is 56.6 Å². The fraction of sp³-hybridized carbons (Fsp3) is 0.687. The van der Waals surface area contributed by atoms with E-state index in [1.54, 1.807) is 0 Å². The SMILES string of the molecule is CCCCCCCCCCCCCCCC(=O)OCC(COP(=O)([O-])OCC[N+](C)(C)C)OC(=O)CCC1c2[nH]c(cc3nc(cc4[nH]c(cc5nc6c2CC(=O)C6=C5C)c(CC)c4C)C(C(C)OCCCCCCCCCC)=C3C)C1C. The largest absolute Gasteiger partial charge is 0.756 e. The van der Waals surface area contributed by atoms with E-state index in [4.69, 9.17) is 33.2 Å². The summed E-state index contributed by atoms with van der Waals surface area (Å²) in [5.74, 6) is -1.50. The molecule has 0 radical (unpaired) electrons. The van der Waals surface area contributed by atoms with Gasteiger partial charge in [-0.25, -0.2) is 9.97 Å². The summed E-state index contributed by atoms with van der Waals surface area (Å²) in [6.07, 6.45) is 25.1. The second-order valence-electron chi connectivity index (χ2n) is 25.0. The lowest BCUT2D eigenvalue weighted by Crippen LogP contribution is -2.37. The first kappa shape index (κ1) is 67.6. The minimum atomic E-state index is -4.81. The molecule has 0 amide bonds. The van der Waals surface area contributed by atoms with Crippen LogP contribution in [0, 0.1) is 6.92 Å². The van der Waals surface area contributed by atoms with Gasteiger partial charge in [-0.1, -0.05) is 150 Å². The van der Waals surface area contributed by atoms with Crippen LogP contribution >= 0.6 is 7.82 Å². The molecule has 4 aliphatic rings. The lowest BCUT2D eigenvalue weighted by atomic mass is 9.85. The van der Waals surface area contributed by atoms with Gasteiger partial charge in [-0.15, -0.1) is 0 Å². The number of nitrogens with zero attached hydrogens (tertiary/aromatic N) is 3. The molecule has 0 aromatic carbocycles. The monoisotopic (exact) mass is 1170 g/mol. The zero-order chi connectivity index (χ0) is 60.1. The Morgan fingerprint density at radius 3 is 1.92 bits per heavy atom. The Kier molecular flexibility index (Phi) is 27.2. The highest BCUT2D eigenvalue weighted by molar-refractivity contribution is 7.45. The van der Waals surface area contributed by atoms with Crippen molar-refractivity contribution in [3.05, 3.63) is 69.1 Å². The quantitative estimate of drug-likeness (QED) is 0.0279. The standard InChI is InChI=1S/C67H104N5O10P/c1-12-15-17-19-21-23-24-25-26-27-28-30-32-34-62(74)79-44-51(45-81-83(76,77)80-39-37-72(9,10)11)82-63(75)36-35-53-47(5)56-41-57-48(6)64(50(8)78-38-33-31-29-22-20-18-16-13-2)60(69-57)43-55-46(4)52(14-3)59(68-55)42-58-49(7)65-61(73)40-54(66(53)70-56)67(65)71-58/h41-43,47,50-51,53H,12-40,44-45H2,1-11H3,(H2-,68,69,70,71,73,76,77). The van der Waals surface area contributed by atoms with E-state index < -0.39 is 32.5 Å². The molecule has 5 atom stereocenters. The topological polar surface area (TPSA) is 195 Å². The Labute approximate surface area is 497 Å². The predicted molar refractivity (Wildman–Crippen MR) is 332 cm³/mol. The molecule has 0 fully saturated rings. The molecule has 3 aliphatic heterocycles. The van der Waals surface area contributed by atoms with Gasteiger partial charge in [-0.3, -0.25) is 18.9 Å². The van der Waals surface area contributed by atoms with Gasteiger partial charge in [-0.05, 0) is 93.9 Å². The summed E-state index contributed by atoms with van der Waals surface area (Å²) in [6, 6.07) is 6.31. The normalized spacial score (nSPS) is 17.1. The number of allylic oxidation sites excluding steroid dienone is 3.